The highest BCUT2D eigenvalue weighted by Crippen LogP contribution is 2.32. The molecule has 14 N–H and O–H groups in total. The maximum atomic E-state index is 10.9. The molecule has 0 bridgehead atoms. The lowest BCUT2D eigenvalue weighted by Gasteiger charge is -2.48. The average Bonchev–Trinajstić information content (AvgIpc) is 3.03. The Morgan fingerprint density at radius 3 is 1.31 bits per heavy atom. The van der Waals surface area contributed by atoms with Crippen LogP contribution >= 0.6 is 0 Å². The molecule has 0 aromatic carbocycles. The first kappa shape index (κ1) is 37.0. The molecule has 0 aliphatic carbocycles. The molecule has 20 atom stereocenters. The van der Waals surface area contributed by atoms with Crippen LogP contribution in [0.3, 0.4) is 0 Å². The molecular formula is C24H42O21. The lowest BCUT2D eigenvalue weighted by Crippen LogP contribution is -2.66. The highest BCUT2D eigenvalue weighted by molar-refractivity contribution is 4.96. The molecule has 4 rings (SSSR count). The zero-order valence-corrected chi connectivity index (χ0v) is 23.5. The van der Waals surface area contributed by atoms with Crippen LogP contribution in [-0.4, -0.2) is 221 Å². The van der Waals surface area contributed by atoms with Crippen LogP contribution in [0.25, 0.3) is 0 Å². The SMILES string of the molecule is OC[C@H]1O[C@H](OC[C@H]2O[C@H](O[C@H]3[C@H](O)[C@@H](O)[C@@H](O[C@H]4[C@H](O)[C@@H](O)C(O)O[C@@H]4CO)O[C@@H]3CO)[C@H](O)[C@@H](O)[C@@H]2O)[C@H](O)[C@@H](O)[C@@H]1O. The van der Waals surface area contributed by atoms with Crippen molar-refractivity contribution in [3.63, 3.8) is 0 Å². The molecule has 21 nitrogen and oxygen atoms in total. The van der Waals surface area contributed by atoms with Crippen molar-refractivity contribution in [3.05, 3.63) is 0 Å². The van der Waals surface area contributed by atoms with E-state index in [0.29, 0.717) is 0 Å². The Balaban J connectivity index is 1.41. The first-order valence-corrected chi connectivity index (χ1v) is 14.1. The minimum absolute atomic E-state index is 0.683. The van der Waals surface area contributed by atoms with Crippen LogP contribution in [0.15, 0.2) is 0 Å². The van der Waals surface area contributed by atoms with Gasteiger partial charge in [0.05, 0.1) is 26.4 Å². The van der Waals surface area contributed by atoms with Crippen LogP contribution in [0.1, 0.15) is 0 Å². The second-order valence-corrected chi connectivity index (χ2v) is 11.2. The van der Waals surface area contributed by atoms with E-state index in [4.69, 9.17) is 33.2 Å². The zero-order valence-electron chi connectivity index (χ0n) is 23.5. The third-order valence-electron chi connectivity index (χ3n) is 8.18. The van der Waals surface area contributed by atoms with Gasteiger partial charge in [-0.05, 0) is 0 Å². The van der Waals surface area contributed by atoms with Gasteiger partial charge in [0, 0.05) is 0 Å². The molecule has 4 aliphatic rings. The molecule has 0 amide bonds. The van der Waals surface area contributed by atoms with Crippen LogP contribution in [0.4, 0.5) is 0 Å². The molecular weight excluding hydrogens is 624 g/mol. The zero-order chi connectivity index (χ0) is 33.3. The molecule has 264 valence electrons. The Bertz CT molecular complexity index is 912. The van der Waals surface area contributed by atoms with Gasteiger partial charge in [0.1, 0.15) is 97.7 Å². The number of aliphatic hydroxyl groups is 14. The van der Waals surface area contributed by atoms with Crippen molar-refractivity contribution in [2.75, 3.05) is 26.4 Å². The molecule has 4 heterocycles. The Morgan fingerprint density at radius 2 is 0.778 bits per heavy atom. The lowest BCUT2D eigenvalue weighted by atomic mass is 9.96. The summed E-state index contributed by atoms with van der Waals surface area (Å²) < 4.78 is 37.5. The van der Waals surface area contributed by atoms with Crippen LogP contribution in [0.5, 0.6) is 0 Å². The fourth-order valence-corrected chi connectivity index (χ4v) is 5.44. The Morgan fingerprint density at radius 1 is 0.378 bits per heavy atom. The first-order valence-electron chi connectivity index (χ1n) is 14.1. The minimum Gasteiger partial charge on any atom is -0.394 e. The summed E-state index contributed by atoms with van der Waals surface area (Å²) in [6, 6.07) is 0. The Labute approximate surface area is 254 Å². The molecule has 0 spiro atoms. The van der Waals surface area contributed by atoms with E-state index in [1.54, 1.807) is 0 Å². The van der Waals surface area contributed by atoms with Crippen molar-refractivity contribution < 1.29 is 105 Å². The average molecular weight is 667 g/mol. The quantitative estimate of drug-likeness (QED) is 0.103. The van der Waals surface area contributed by atoms with E-state index in [0.717, 1.165) is 0 Å². The molecule has 4 saturated heterocycles. The van der Waals surface area contributed by atoms with Gasteiger partial charge in [0.2, 0.25) is 0 Å². The normalized spacial score (nSPS) is 52.9. The van der Waals surface area contributed by atoms with Crippen molar-refractivity contribution in [3.8, 4) is 0 Å². The number of ether oxygens (including phenoxy) is 7. The maximum absolute atomic E-state index is 10.9. The van der Waals surface area contributed by atoms with Crippen LogP contribution in [0, 0.1) is 0 Å². The predicted molar refractivity (Wildman–Crippen MR) is 134 cm³/mol. The monoisotopic (exact) mass is 666 g/mol. The summed E-state index contributed by atoms with van der Waals surface area (Å²) in [5, 5.41) is 142. The van der Waals surface area contributed by atoms with Gasteiger partial charge in [-0.3, -0.25) is 0 Å². The number of rotatable bonds is 10. The molecule has 0 radical (unpaired) electrons. The molecule has 45 heavy (non-hydrogen) atoms. The fraction of sp³-hybridized carbons (Fsp3) is 1.00. The van der Waals surface area contributed by atoms with E-state index >= 15 is 0 Å². The fourth-order valence-electron chi connectivity index (χ4n) is 5.44. The molecule has 1 unspecified atom stereocenters. The van der Waals surface area contributed by atoms with Crippen LogP contribution in [-0.2, 0) is 33.2 Å². The number of aliphatic hydroxyl groups excluding tert-OH is 14. The van der Waals surface area contributed by atoms with E-state index in [1.165, 1.54) is 0 Å². The smallest absolute Gasteiger partial charge is 0.187 e. The maximum Gasteiger partial charge on any atom is 0.187 e. The highest BCUT2D eigenvalue weighted by Gasteiger charge is 2.53. The first-order chi connectivity index (χ1) is 21.2. The van der Waals surface area contributed by atoms with Gasteiger partial charge in [0.25, 0.3) is 0 Å². The van der Waals surface area contributed by atoms with E-state index < -0.39 is 149 Å². The third-order valence-corrected chi connectivity index (χ3v) is 8.18. The summed E-state index contributed by atoms with van der Waals surface area (Å²) in [7, 11) is 0. The van der Waals surface area contributed by atoms with Crippen molar-refractivity contribution in [2.45, 2.75) is 123 Å². The molecule has 0 saturated carbocycles. The molecule has 21 heteroatoms. The third kappa shape index (κ3) is 7.59. The summed E-state index contributed by atoms with van der Waals surface area (Å²) in [5.41, 5.74) is 0. The largest absolute Gasteiger partial charge is 0.394 e. The molecule has 4 fully saturated rings. The van der Waals surface area contributed by atoms with Gasteiger partial charge in [-0.1, -0.05) is 0 Å². The Kier molecular flexibility index (Phi) is 12.8. The second-order valence-electron chi connectivity index (χ2n) is 11.2. The van der Waals surface area contributed by atoms with Crippen molar-refractivity contribution >= 4 is 0 Å². The lowest BCUT2D eigenvalue weighted by molar-refractivity contribution is -0.380. The van der Waals surface area contributed by atoms with Crippen molar-refractivity contribution in [1.29, 1.82) is 0 Å². The summed E-state index contributed by atoms with van der Waals surface area (Å²) in [4.78, 5) is 0. The van der Waals surface area contributed by atoms with E-state index in [2.05, 4.69) is 0 Å². The minimum atomic E-state index is -2.00. The molecule has 0 aromatic rings. The summed E-state index contributed by atoms with van der Waals surface area (Å²) >= 11 is 0. The Hall–Kier alpha value is -0.840. The van der Waals surface area contributed by atoms with Crippen LogP contribution in [0.2, 0.25) is 0 Å². The van der Waals surface area contributed by atoms with E-state index in [9.17, 15) is 71.5 Å². The van der Waals surface area contributed by atoms with Crippen molar-refractivity contribution in [2.24, 2.45) is 0 Å². The predicted octanol–water partition coefficient (Wildman–Crippen LogP) is -9.75. The second kappa shape index (κ2) is 15.6. The van der Waals surface area contributed by atoms with Gasteiger partial charge in [0.15, 0.2) is 25.2 Å². The topological polar surface area (TPSA) is 348 Å². The summed E-state index contributed by atoms with van der Waals surface area (Å²) in [5.74, 6) is 0. The standard InChI is InChI=1S/C24H42O21/c25-1-5-9(28)11(30)16(35)22(41-5)39-4-8-10(29)12(31)17(36)23(43-8)45-20-7(3-27)42-24(18(37)14(20)33)44-19-6(2-26)40-21(38)15(34)13(19)32/h5-38H,1-4H2/t5-,6-,7-,8-,9-,10-,11+,12+,13-,14-,15-,16-,17-,18-,19-,20-,21?,22+,23-,24-/m1/s1. The van der Waals surface area contributed by atoms with E-state index in [-0.39, 0.29) is 0 Å². The van der Waals surface area contributed by atoms with Gasteiger partial charge in [-0.25, -0.2) is 0 Å². The molecule has 4 aliphatic heterocycles. The van der Waals surface area contributed by atoms with Crippen molar-refractivity contribution in [1.82, 2.24) is 0 Å². The number of hydrogen-bond acceptors (Lipinski definition) is 21. The van der Waals surface area contributed by atoms with Gasteiger partial charge in [-0.15, -0.1) is 0 Å². The van der Waals surface area contributed by atoms with Gasteiger partial charge in [-0.2, -0.15) is 0 Å². The van der Waals surface area contributed by atoms with Gasteiger partial charge < -0.3 is 105 Å². The van der Waals surface area contributed by atoms with Crippen LogP contribution < -0.4 is 0 Å². The van der Waals surface area contributed by atoms with Gasteiger partial charge >= 0.3 is 0 Å². The molecule has 0 aromatic heterocycles. The summed E-state index contributed by atoms with van der Waals surface area (Å²) in [6.07, 6.45) is -35.0. The highest BCUT2D eigenvalue weighted by atomic mass is 16.8. The van der Waals surface area contributed by atoms with E-state index in [1.807, 2.05) is 0 Å². The summed E-state index contributed by atoms with van der Waals surface area (Å²) in [6.45, 7) is -3.14. The number of hydrogen-bond donors (Lipinski definition) is 14.